The second-order valence-corrected chi connectivity index (χ2v) is 6.99. The Kier molecular flexibility index (Phi) is 4.18. The van der Waals surface area contributed by atoms with Crippen molar-refractivity contribution in [1.82, 2.24) is 9.78 Å². The van der Waals surface area contributed by atoms with Crippen molar-refractivity contribution in [2.24, 2.45) is 0 Å². The lowest BCUT2D eigenvalue weighted by molar-refractivity contribution is -0.585. The van der Waals surface area contributed by atoms with Crippen molar-refractivity contribution in [2.75, 3.05) is 19.8 Å². The van der Waals surface area contributed by atoms with Crippen molar-refractivity contribution in [3.8, 4) is 17.1 Å². The third-order valence-electron chi connectivity index (χ3n) is 5.07. The first-order valence-corrected chi connectivity index (χ1v) is 9.36. The van der Waals surface area contributed by atoms with Gasteiger partial charge in [0.1, 0.15) is 12.7 Å². The average molecular weight is 367 g/mol. The molecule has 27 heavy (non-hydrogen) atoms. The first kappa shape index (κ1) is 16.5. The highest BCUT2D eigenvalue weighted by Gasteiger charge is 2.25. The van der Waals surface area contributed by atoms with Crippen LogP contribution in [0.1, 0.15) is 25.5 Å². The molecule has 4 heterocycles. The highest BCUT2D eigenvalue weighted by Crippen LogP contribution is 2.29. The predicted molar refractivity (Wildman–Crippen MR) is 98.2 cm³/mol. The molecule has 2 aliphatic rings. The molecule has 7 nitrogen and oxygen atoms in total. The molecule has 0 N–H and O–H groups in total. The van der Waals surface area contributed by atoms with E-state index in [0.29, 0.717) is 24.6 Å². The molecule has 0 radical (unpaired) electrons. The van der Waals surface area contributed by atoms with Gasteiger partial charge >= 0.3 is 5.88 Å². The Bertz CT molecular complexity index is 961. The number of pyridine rings is 1. The smallest absolute Gasteiger partial charge is 0.380 e. The molecule has 0 bridgehead atoms. The molecule has 2 aliphatic heterocycles. The molecule has 0 spiro atoms. The van der Waals surface area contributed by atoms with E-state index in [1.807, 2.05) is 35.0 Å². The second-order valence-electron chi connectivity index (χ2n) is 6.99. The zero-order valence-corrected chi connectivity index (χ0v) is 14.9. The summed E-state index contributed by atoms with van der Waals surface area (Å²) in [6.45, 7) is 1.86. The van der Waals surface area contributed by atoms with Crippen molar-refractivity contribution >= 4 is 10.9 Å². The largest absolute Gasteiger partial charge is 0.616 e. The molecule has 2 atom stereocenters. The van der Waals surface area contributed by atoms with Gasteiger partial charge in [-0.1, -0.05) is 6.07 Å². The van der Waals surface area contributed by atoms with Crippen molar-refractivity contribution in [1.29, 1.82) is 0 Å². The summed E-state index contributed by atoms with van der Waals surface area (Å²) >= 11 is 0. The molecule has 140 valence electrons. The van der Waals surface area contributed by atoms with Crippen LogP contribution in [0.15, 0.2) is 42.6 Å². The minimum atomic E-state index is -0.0490. The molecular weight excluding hydrogens is 346 g/mol. The molecule has 0 amide bonds. The maximum absolute atomic E-state index is 12.8. The van der Waals surface area contributed by atoms with Crippen molar-refractivity contribution in [3.05, 3.63) is 47.8 Å². The maximum atomic E-state index is 12.8. The second kappa shape index (κ2) is 6.83. The number of benzene rings is 1. The SMILES string of the molecule is [O-][n+]1c(OC[C@H]2CO2)ccc2ccc(-c3ccnn3C3CCCCO3)cc21. The van der Waals surface area contributed by atoms with Crippen LogP contribution in [0.3, 0.4) is 0 Å². The summed E-state index contributed by atoms with van der Waals surface area (Å²) in [5, 5.41) is 18.1. The minimum absolute atomic E-state index is 0.0490. The van der Waals surface area contributed by atoms with Gasteiger partial charge in [-0.2, -0.15) is 5.10 Å². The summed E-state index contributed by atoms with van der Waals surface area (Å²) in [5.74, 6) is 0.291. The van der Waals surface area contributed by atoms with Gasteiger partial charge in [0.25, 0.3) is 0 Å². The van der Waals surface area contributed by atoms with Crippen LogP contribution in [0, 0.1) is 5.21 Å². The van der Waals surface area contributed by atoms with Crippen LogP contribution in [0.2, 0.25) is 0 Å². The monoisotopic (exact) mass is 367 g/mol. The van der Waals surface area contributed by atoms with Gasteiger partial charge in [-0.25, -0.2) is 4.68 Å². The van der Waals surface area contributed by atoms with Crippen LogP contribution in [-0.2, 0) is 9.47 Å². The quantitative estimate of drug-likeness (QED) is 0.394. The number of epoxide rings is 1. The van der Waals surface area contributed by atoms with E-state index in [1.54, 1.807) is 12.3 Å². The van der Waals surface area contributed by atoms with Crippen molar-refractivity contribution in [3.63, 3.8) is 0 Å². The fourth-order valence-corrected chi connectivity index (χ4v) is 3.51. The molecule has 0 aliphatic carbocycles. The fraction of sp³-hybridized carbons (Fsp3) is 0.400. The summed E-state index contributed by atoms with van der Waals surface area (Å²) in [5.41, 5.74) is 2.45. The van der Waals surface area contributed by atoms with Crippen LogP contribution < -0.4 is 9.47 Å². The zero-order chi connectivity index (χ0) is 18.2. The third-order valence-corrected chi connectivity index (χ3v) is 5.07. The van der Waals surface area contributed by atoms with E-state index in [9.17, 15) is 5.21 Å². The predicted octanol–water partition coefficient (Wildman–Crippen LogP) is 2.81. The van der Waals surface area contributed by atoms with Crippen LogP contribution in [0.4, 0.5) is 0 Å². The fourth-order valence-electron chi connectivity index (χ4n) is 3.51. The molecule has 0 saturated carbocycles. The van der Waals surface area contributed by atoms with E-state index in [-0.39, 0.29) is 12.3 Å². The van der Waals surface area contributed by atoms with Crippen molar-refractivity contribution in [2.45, 2.75) is 31.6 Å². The number of hydrogen-bond acceptors (Lipinski definition) is 5. The van der Waals surface area contributed by atoms with Crippen LogP contribution >= 0.6 is 0 Å². The molecule has 5 rings (SSSR count). The standard InChI is InChI=1S/C20H21N3O4/c24-23-18-11-15(17-8-9-21-22(17)19-3-1-2-10-25-19)5-4-14(18)6-7-20(23)27-13-16-12-26-16/h4-9,11,16,19H,1-3,10,12-13H2/t16-,19?/m1/s1. The van der Waals surface area contributed by atoms with E-state index in [1.165, 1.54) is 0 Å². The summed E-state index contributed by atoms with van der Waals surface area (Å²) in [6, 6.07) is 11.4. The van der Waals surface area contributed by atoms with Gasteiger partial charge in [-0.3, -0.25) is 0 Å². The normalized spacial score (nSPS) is 22.1. The maximum Gasteiger partial charge on any atom is 0.380 e. The lowest BCUT2D eigenvalue weighted by Gasteiger charge is -2.24. The number of aromatic nitrogens is 3. The molecule has 1 aromatic carbocycles. The Balaban J connectivity index is 1.50. The Morgan fingerprint density at radius 2 is 2.07 bits per heavy atom. The Morgan fingerprint density at radius 3 is 2.89 bits per heavy atom. The molecule has 2 fully saturated rings. The molecule has 1 unspecified atom stereocenters. The first-order chi connectivity index (χ1) is 13.3. The zero-order valence-electron chi connectivity index (χ0n) is 14.9. The Morgan fingerprint density at radius 1 is 1.19 bits per heavy atom. The van der Waals surface area contributed by atoms with Crippen LogP contribution in [0.25, 0.3) is 22.2 Å². The van der Waals surface area contributed by atoms with Crippen molar-refractivity contribution < 1.29 is 18.9 Å². The average Bonchev–Trinajstić information content (AvgIpc) is 3.41. The number of nitrogens with zero attached hydrogens (tertiary/aromatic N) is 3. The topological polar surface area (TPSA) is 75.8 Å². The molecule has 7 heteroatoms. The van der Waals surface area contributed by atoms with Gasteiger partial charge in [0.15, 0.2) is 6.23 Å². The van der Waals surface area contributed by atoms with Gasteiger partial charge in [0.2, 0.25) is 5.52 Å². The molecule has 2 aromatic heterocycles. The summed E-state index contributed by atoms with van der Waals surface area (Å²) in [7, 11) is 0. The molecule has 2 saturated heterocycles. The van der Waals surface area contributed by atoms with Gasteiger partial charge in [-0.05, 0) is 37.5 Å². The van der Waals surface area contributed by atoms with Crippen LogP contribution in [-0.4, -0.2) is 35.7 Å². The Hall–Kier alpha value is -2.64. The first-order valence-electron chi connectivity index (χ1n) is 9.36. The number of fused-ring (bicyclic) bond motifs is 1. The highest BCUT2D eigenvalue weighted by atomic mass is 16.6. The van der Waals surface area contributed by atoms with Gasteiger partial charge in [-0.15, -0.1) is 4.73 Å². The van der Waals surface area contributed by atoms with E-state index < -0.39 is 0 Å². The Labute approximate surface area is 156 Å². The number of hydrogen-bond donors (Lipinski definition) is 0. The molecule has 3 aromatic rings. The number of rotatable bonds is 5. The van der Waals surface area contributed by atoms with E-state index in [4.69, 9.17) is 14.2 Å². The number of ether oxygens (including phenoxy) is 3. The third kappa shape index (κ3) is 3.24. The van der Waals surface area contributed by atoms with Crippen LogP contribution in [0.5, 0.6) is 5.88 Å². The van der Waals surface area contributed by atoms with E-state index in [2.05, 4.69) is 5.10 Å². The van der Waals surface area contributed by atoms with E-state index in [0.717, 1.165) is 47.2 Å². The lowest BCUT2D eigenvalue weighted by Crippen LogP contribution is -2.30. The summed E-state index contributed by atoms with van der Waals surface area (Å²) in [4.78, 5) is 0. The van der Waals surface area contributed by atoms with E-state index >= 15 is 0 Å². The van der Waals surface area contributed by atoms with Gasteiger partial charge in [0, 0.05) is 29.8 Å². The minimum Gasteiger partial charge on any atom is -0.616 e. The van der Waals surface area contributed by atoms with Gasteiger partial charge < -0.3 is 19.4 Å². The summed E-state index contributed by atoms with van der Waals surface area (Å²) in [6.07, 6.45) is 5.01. The molecular formula is C20H21N3O4. The van der Waals surface area contributed by atoms with Gasteiger partial charge in [0.05, 0.1) is 18.4 Å². The summed E-state index contributed by atoms with van der Waals surface area (Å²) < 4.78 is 19.4. The lowest BCUT2D eigenvalue weighted by atomic mass is 10.1. The highest BCUT2D eigenvalue weighted by molar-refractivity contribution is 5.81.